The van der Waals surface area contributed by atoms with E-state index >= 15 is 0 Å². The van der Waals surface area contributed by atoms with Crippen LogP contribution in [0.2, 0.25) is 0 Å². The normalized spacial score (nSPS) is 13.3. The van der Waals surface area contributed by atoms with Crippen LogP contribution in [0.1, 0.15) is 5.82 Å². The summed E-state index contributed by atoms with van der Waals surface area (Å²) in [5.74, 6) is 1.97. The summed E-state index contributed by atoms with van der Waals surface area (Å²) in [5, 5.41) is 0. The third kappa shape index (κ3) is 2.82. The number of rotatable bonds is 4. The average molecular weight is 355 g/mol. The van der Waals surface area contributed by atoms with Crippen molar-refractivity contribution >= 4 is 0 Å². The van der Waals surface area contributed by atoms with Gasteiger partial charge in [0.15, 0.2) is 5.69 Å². The molecule has 0 saturated heterocycles. The molecule has 3 aromatic rings. The SMILES string of the molecule is COc1ccc(-n2cc(-c3ccc(OC)cc3F)[n+]3c2COCC3)cc1. The standard InChI is InChI=1S/C20H20FN2O3/c1-24-15-5-3-14(4-6-15)23-12-19(22-9-10-26-13-20(22)23)17-8-7-16(25-2)11-18(17)21/h3-8,11-12H,9-10,13H2,1-2H3/q+1. The molecule has 0 aliphatic carbocycles. The lowest BCUT2D eigenvalue weighted by molar-refractivity contribution is -0.706. The Balaban J connectivity index is 1.84. The molecule has 134 valence electrons. The average Bonchev–Trinajstić information content (AvgIpc) is 3.07. The van der Waals surface area contributed by atoms with Gasteiger partial charge < -0.3 is 14.2 Å². The number of fused-ring (bicyclic) bond motifs is 1. The molecule has 6 heteroatoms. The monoisotopic (exact) mass is 355 g/mol. The van der Waals surface area contributed by atoms with Gasteiger partial charge in [-0.05, 0) is 36.4 Å². The van der Waals surface area contributed by atoms with Crippen LogP contribution < -0.4 is 14.0 Å². The Hall–Kier alpha value is -2.86. The lowest BCUT2D eigenvalue weighted by atomic mass is 10.1. The van der Waals surface area contributed by atoms with Gasteiger partial charge in [0.2, 0.25) is 0 Å². The Morgan fingerprint density at radius 3 is 2.46 bits per heavy atom. The zero-order valence-corrected chi connectivity index (χ0v) is 14.7. The van der Waals surface area contributed by atoms with E-state index in [9.17, 15) is 4.39 Å². The molecule has 1 aliphatic rings. The predicted octanol–water partition coefficient (Wildman–Crippen LogP) is 3.12. The molecular weight excluding hydrogens is 335 g/mol. The Labute approximate surface area is 151 Å². The molecule has 0 radical (unpaired) electrons. The van der Waals surface area contributed by atoms with E-state index < -0.39 is 0 Å². The number of methoxy groups -OCH3 is 2. The van der Waals surface area contributed by atoms with E-state index in [1.165, 1.54) is 13.2 Å². The van der Waals surface area contributed by atoms with Gasteiger partial charge in [-0.25, -0.2) is 8.96 Å². The molecule has 4 rings (SSSR count). The highest BCUT2D eigenvalue weighted by Crippen LogP contribution is 2.27. The van der Waals surface area contributed by atoms with Gasteiger partial charge in [0, 0.05) is 6.07 Å². The Kier molecular flexibility index (Phi) is 4.34. The van der Waals surface area contributed by atoms with Crippen molar-refractivity contribution in [3.8, 4) is 28.4 Å². The molecule has 2 aromatic carbocycles. The van der Waals surface area contributed by atoms with Crippen LogP contribution in [0.25, 0.3) is 16.9 Å². The summed E-state index contributed by atoms with van der Waals surface area (Å²) >= 11 is 0. The van der Waals surface area contributed by atoms with Crippen molar-refractivity contribution in [2.75, 3.05) is 20.8 Å². The van der Waals surface area contributed by atoms with Crippen LogP contribution in [0, 0.1) is 5.82 Å². The lowest BCUT2D eigenvalue weighted by Gasteiger charge is -2.12. The molecule has 0 saturated carbocycles. The number of hydrogen-bond acceptors (Lipinski definition) is 3. The highest BCUT2D eigenvalue weighted by atomic mass is 19.1. The highest BCUT2D eigenvalue weighted by Gasteiger charge is 2.29. The van der Waals surface area contributed by atoms with Crippen molar-refractivity contribution < 1.29 is 23.2 Å². The first-order valence-corrected chi connectivity index (χ1v) is 8.41. The molecule has 1 aromatic heterocycles. The van der Waals surface area contributed by atoms with Crippen LogP contribution in [0.4, 0.5) is 4.39 Å². The van der Waals surface area contributed by atoms with Crippen molar-refractivity contribution in [2.45, 2.75) is 13.2 Å². The zero-order valence-electron chi connectivity index (χ0n) is 14.7. The van der Waals surface area contributed by atoms with Crippen molar-refractivity contribution in [3.63, 3.8) is 0 Å². The van der Waals surface area contributed by atoms with Gasteiger partial charge in [0.25, 0.3) is 5.82 Å². The van der Waals surface area contributed by atoms with E-state index in [0.717, 1.165) is 23.0 Å². The van der Waals surface area contributed by atoms with Crippen molar-refractivity contribution in [1.82, 2.24) is 4.57 Å². The Morgan fingerprint density at radius 2 is 1.77 bits per heavy atom. The van der Waals surface area contributed by atoms with Crippen molar-refractivity contribution in [3.05, 3.63) is 60.3 Å². The second-order valence-corrected chi connectivity index (χ2v) is 6.05. The third-order valence-corrected chi connectivity index (χ3v) is 4.63. The van der Waals surface area contributed by atoms with Crippen LogP contribution in [0.5, 0.6) is 11.5 Å². The third-order valence-electron chi connectivity index (χ3n) is 4.63. The minimum Gasteiger partial charge on any atom is -0.497 e. The summed E-state index contributed by atoms with van der Waals surface area (Å²) in [4.78, 5) is 0. The van der Waals surface area contributed by atoms with Crippen molar-refractivity contribution in [1.29, 1.82) is 0 Å². The summed E-state index contributed by atoms with van der Waals surface area (Å²) in [7, 11) is 3.17. The van der Waals surface area contributed by atoms with Gasteiger partial charge in [0.1, 0.15) is 42.4 Å². The molecule has 0 N–H and O–H groups in total. The number of halogens is 1. The second-order valence-electron chi connectivity index (χ2n) is 6.05. The minimum atomic E-state index is -0.307. The van der Waals surface area contributed by atoms with Crippen LogP contribution in [-0.2, 0) is 17.9 Å². The first-order valence-electron chi connectivity index (χ1n) is 8.41. The van der Waals surface area contributed by atoms with Crippen molar-refractivity contribution in [2.24, 2.45) is 0 Å². The molecule has 0 atom stereocenters. The molecule has 0 fully saturated rings. The summed E-state index contributed by atoms with van der Waals surface area (Å²) in [6.07, 6.45) is 1.96. The van der Waals surface area contributed by atoms with Crippen LogP contribution >= 0.6 is 0 Å². The number of imidazole rings is 1. The van der Waals surface area contributed by atoms with E-state index in [4.69, 9.17) is 14.2 Å². The van der Waals surface area contributed by atoms with Gasteiger partial charge in [-0.1, -0.05) is 0 Å². The fourth-order valence-corrected chi connectivity index (χ4v) is 3.26. The quantitative estimate of drug-likeness (QED) is 0.675. The van der Waals surface area contributed by atoms with E-state index in [2.05, 4.69) is 4.57 Å². The Morgan fingerprint density at radius 1 is 1.04 bits per heavy atom. The zero-order chi connectivity index (χ0) is 18.1. The number of benzene rings is 2. The molecule has 0 unspecified atom stereocenters. The number of hydrogen-bond donors (Lipinski definition) is 0. The molecule has 0 bridgehead atoms. The van der Waals surface area contributed by atoms with Gasteiger partial charge in [-0.3, -0.25) is 0 Å². The molecule has 2 heterocycles. The van der Waals surface area contributed by atoms with Gasteiger partial charge in [-0.2, -0.15) is 4.57 Å². The summed E-state index contributed by atoms with van der Waals surface area (Å²) in [6.45, 7) is 1.76. The smallest absolute Gasteiger partial charge is 0.288 e. The predicted molar refractivity (Wildman–Crippen MR) is 94.1 cm³/mol. The van der Waals surface area contributed by atoms with Crippen LogP contribution in [0.3, 0.4) is 0 Å². The first kappa shape index (κ1) is 16.6. The van der Waals surface area contributed by atoms with E-state index in [1.54, 1.807) is 19.2 Å². The van der Waals surface area contributed by atoms with E-state index in [0.29, 0.717) is 31.1 Å². The minimum absolute atomic E-state index is 0.307. The fourth-order valence-electron chi connectivity index (χ4n) is 3.26. The first-order chi connectivity index (χ1) is 12.7. The maximum Gasteiger partial charge on any atom is 0.288 e. The molecule has 0 spiro atoms. The van der Waals surface area contributed by atoms with Gasteiger partial charge in [0.05, 0.1) is 26.4 Å². The maximum absolute atomic E-state index is 14.7. The summed E-state index contributed by atoms with van der Waals surface area (Å²) in [5.41, 5.74) is 2.33. The van der Waals surface area contributed by atoms with Gasteiger partial charge in [-0.15, -0.1) is 0 Å². The van der Waals surface area contributed by atoms with E-state index in [-0.39, 0.29) is 5.82 Å². The Bertz CT molecular complexity index is 935. The molecule has 26 heavy (non-hydrogen) atoms. The van der Waals surface area contributed by atoms with Crippen LogP contribution in [-0.4, -0.2) is 25.4 Å². The molecule has 1 aliphatic heterocycles. The van der Waals surface area contributed by atoms with Gasteiger partial charge >= 0.3 is 0 Å². The highest BCUT2D eigenvalue weighted by molar-refractivity contribution is 5.59. The molecular formula is C20H20FN2O3+. The summed E-state index contributed by atoms with van der Waals surface area (Å²) in [6, 6.07) is 12.7. The number of nitrogens with zero attached hydrogens (tertiary/aromatic N) is 2. The molecule has 5 nitrogen and oxygen atoms in total. The topological polar surface area (TPSA) is 36.5 Å². The summed E-state index contributed by atoms with van der Waals surface area (Å²) < 4.78 is 34.8. The fraction of sp³-hybridized carbons (Fsp3) is 0.250. The largest absolute Gasteiger partial charge is 0.497 e. The number of aromatic nitrogens is 2. The second kappa shape index (κ2) is 6.80. The number of ether oxygens (including phenoxy) is 3. The maximum atomic E-state index is 14.7. The van der Waals surface area contributed by atoms with Crippen LogP contribution in [0.15, 0.2) is 48.7 Å². The van der Waals surface area contributed by atoms with E-state index in [1.807, 2.05) is 35.0 Å². The lowest BCUT2D eigenvalue weighted by Crippen LogP contribution is -2.45. The molecule has 0 amide bonds.